The zero-order chi connectivity index (χ0) is 25.9. The molecule has 37 heavy (non-hydrogen) atoms. The molecule has 2 amide bonds. The number of hydrogen-bond acceptors (Lipinski definition) is 4. The van der Waals surface area contributed by atoms with E-state index < -0.39 is 6.04 Å². The van der Waals surface area contributed by atoms with Gasteiger partial charge < -0.3 is 4.90 Å². The number of anilines is 1. The highest BCUT2D eigenvalue weighted by Gasteiger charge is 2.46. The number of benzene rings is 1. The Morgan fingerprint density at radius 3 is 2.65 bits per heavy atom. The fourth-order valence-corrected chi connectivity index (χ4v) is 5.99. The van der Waals surface area contributed by atoms with E-state index in [0.29, 0.717) is 18.8 Å². The fourth-order valence-electron chi connectivity index (χ4n) is 5.99. The number of para-hydroxylation sites is 1. The molecule has 1 aliphatic carbocycles. The molecular formula is C31H36N4O2. The van der Waals surface area contributed by atoms with Crippen molar-refractivity contribution in [3.63, 3.8) is 0 Å². The first-order valence-corrected chi connectivity index (χ1v) is 13.4. The normalized spacial score (nSPS) is 20.4. The number of carbonyl (C=O) groups is 2. The minimum absolute atomic E-state index is 0.00931. The van der Waals surface area contributed by atoms with E-state index in [-0.39, 0.29) is 24.4 Å². The zero-order valence-corrected chi connectivity index (χ0v) is 21.9. The van der Waals surface area contributed by atoms with Crippen LogP contribution in [0.4, 0.5) is 5.69 Å². The third-order valence-electron chi connectivity index (χ3n) is 7.55. The van der Waals surface area contributed by atoms with Gasteiger partial charge in [-0.3, -0.25) is 24.4 Å². The van der Waals surface area contributed by atoms with Crippen LogP contribution in [0.25, 0.3) is 0 Å². The van der Waals surface area contributed by atoms with Gasteiger partial charge in [0.25, 0.3) is 5.91 Å². The van der Waals surface area contributed by atoms with Crippen LogP contribution in [0.1, 0.15) is 68.8 Å². The summed E-state index contributed by atoms with van der Waals surface area (Å²) in [7, 11) is 0. The topological polar surface area (TPSA) is 56.8 Å². The van der Waals surface area contributed by atoms with Crippen molar-refractivity contribution in [1.82, 2.24) is 14.8 Å². The first-order chi connectivity index (χ1) is 18.0. The lowest BCUT2D eigenvalue weighted by molar-refractivity contribution is -0.137. The molecule has 2 aliphatic heterocycles. The average Bonchev–Trinajstić information content (AvgIpc) is 3.42. The summed E-state index contributed by atoms with van der Waals surface area (Å²) in [5.74, 6) is -0.109. The standard InChI is InChI=1S/C31H36N4O2/c1-4-11-25(18-22(2)3)35(29(36)21-33-19-23-12-10-17-32-27(23)20-33)30-26-15-8-9-16-28(26)34(31(30)37)24-13-6-5-7-14-24/h4,8-12,15-18,24,30H,2,5-7,13-14,19-21H2,1,3H3/b11-4-,25-18+. The summed E-state index contributed by atoms with van der Waals surface area (Å²) in [5, 5.41) is 0. The Balaban J connectivity index is 1.52. The molecule has 1 fully saturated rings. The highest BCUT2D eigenvalue weighted by atomic mass is 16.2. The molecular weight excluding hydrogens is 460 g/mol. The summed E-state index contributed by atoms with van der Waals surface area (Å²) in [5.41, 5.74) is 5.52. The molecule has 3 aliphatic rings. The molecule has 1 unspecified atom stereocenters. The molecule has 1 aromatic heterocycles. The van der Waals surface area contributed by atoms with Crippen LogP contribution >= 0.6 is 0 Å². The van der Waals surface area contributed by atoms with Gasteiger partial charge in [0, 0.05) is 42.3 Å². The number of allylic oxidation sites excluding steroid dienone is 4. The van der Waals surface area contributed by atoms with Gasteiger partial charge in [-0.05, 0) is 56.5 Å². The van der Waals surface area contributed by atoms with Gasteiger partial charge in [0.1, 0.15) is 6.04 Å². The van der Waals surface area contributed by atoms with E-state index in [4.69, 9.17) is 0 Å². The van der Waals surface area contributed by atoms with Crippen molar-refractivity contribution in [2.24, 2.45) is 0 Å². The van der Waals surface area contributed by atoms with Crippen LogP contribution < -0.4 is 4.90 Å². The van der Waals surface area contributed by atoms with E-state index in [1.54, 1.807) is 11.1 Å². The van der Waals surface area contributed by atoms with Crippen molar-refractivity contribution >= 4 is 17.5 Å². The van der Waals surface area contributed by atoms with Crippen molar-refractivity contribution < 1.29 is 9.59 Å². The number of amides is 2. The maximum Gasteiger partial charge on any atom is 0.255 e. The number of hydrogen-bond donors (Lipinski definition) is 0. The third kappa shape index (κ3) is 5.03. The van der Waals surface area contributed by atoms with Crippen LogP contribution in [-0.2, 0) is 22.7 Å². The minimum Gasteiger partial charge on any atom is -0.307 e. The summed E-state index contributed by atoms with van der Waals surface area (Å²) in [4.78, 5) is 38.7. The lowest BCUT2D eigenvalue weighted by Crippen LogP contribution is -2.46. The smallest absolute Gasteiger partial charge is 0.255 e. The fraction of sp³-hybridized carbons (Fsp3) is 0.387. The van der Waals surface area contributed by atoms with E-state index in [9.17, 15) is 9.59 Å². The largest absolute Gasteiger partial charge is 0.307 e. The summed E-state index contributed by atoms with van der Waals surface area (Å²) in [6.45, 7) is 9.41. The molecule has 1 aromatic carbocycles. The summed E-state index contributed by atoms with van der Waals surface area (Å²) < 4.78 is 0. The van der Waals surface area contributed by atoms with Crippen LogP contribution in [-0.4, -0.2) is 39.2 Å². The molecule has 192 valence electrons. The van der Waals surface area contributed by atoms with Gasteiger partial charge in [-0.15, -0.1) is 0 Å². The van der Waals surface area contributed by atoms with Crippen LogP contribution in [0.3, 0.4) is 0 Å². The molecule has 0 radical (unpaired) electrons. The van der Waals surface area contributed by atoms with E-state index in [1.165, 1.54) is 6.42 Å². The van der Waals surface area contributed by atoms with Crippen LogP contribution in [0.5, 0.6) is 0 Å². The van der Waals surface area contributed by atoms with Crippen LogP contribution in [0, 0.1) is 0 Å². The molecule has 1 atom stereocenters. The van der Waals surface area contributed by atoms with Crippen LogP contribution in [0.2, 0.25) is 0 Å². The number of nitrogens with zero attached hydrogens (tertiary/aromatic N) is 4. The van der Waals surface area contributed by atoms with Gasteiger partial charge in [0.2, 0.25) is 5.91 Å². The zero-order valence-electron chi connectivity index (χ0n) is 21.9. The van der Waals surface area contributed by atoms with Gasteiger partial charge in [0.05, 0.1) is 12.2 Å². The Kier molecular flexibility index (Phi) is 7.38. The molecule has 0 bridgehead atoms. The van der Waals surface area contributed by atoms with E-state index in [2.05, 4.69) is 22.5 Å². The van der Waals surface area contributed by atoms with Gasteiger partial charge in [-0.25, -0.2) is 0 Å². The average molecular weight is 497 g/mol. The second kappa shape index (κ2) is 10.9. The Morgan fingerprint density at radius 1 is 1.14 bits per heavy atom. The number of pyridine rings is 1. The molecule has 5 rings (SSSR count). The predicted molar refractivity (Wildman–Crippen MR) is 146 cm³/mol. The molecule has 0 spiro atoms. The first-order valence-electron chi connectivity index (χ1n) is 13.4. The minimum atomic E-state index is -0.699. The Labute approximate surface area is 220 Å². The maximum absolute atomic E-state index is 14.3. The summed E-state index contributed by atoms with van der Waals surface area (Å²) in [6, 6.07) is 11.5. The Bertz CT molecular complexity index is 1230. The number of carbonyl (C=O) groups excluding carboxylic acids is 2. The second-order valence-electron chi connectivity index (χ2n) is 10.4. The highest BCUT2D eigenvalue weighted by molar-refractivity contribution is 6.07. The molecule has 6 heteroatoms. The van der Waals surface area contributed by atoms with Crippen LogP contribution in [0.15, 0.2) is 78.7 Å². The number of aromatic nitrogens is 1. The van der Waals surface area contributed by atoms with Crippen molar-refractivity contribution in [1.29, 1.82) is 0 Å². The van der Waals surface area contributed by atoms with Gasteiger partial charge >= 0.3 is 0 Å². The van der Waals surface area contributed by atoms with Gasteiger partial charge in [-0.1, -0.05) is 61.8 Å². The van der Waals surface area contributed by atoms with Gasteiger partial charge in [0.15, 0.2) is 0 Å². The summed E-state index contributed by atoms with van der Waals surface area (Å²) in [6.07, 6.45) is 13.0. The second-order valence-corrected chi connectivity index (χ2v) is 10.4. The summed E-state index contributed by atoms with van der Waals surface area (Å²) >= 11 is 0. The third-order valence-corrected chi connectivity index (χ3v) is 7.55. The molecule has 1 saturated carbocycles. The van der Waals surface area contributed by atoms with Crippen molar-refractivity contribution in [3.05, 3.63) is 95.5 Å². The number of rotatable bonds is 7. The van der Waals surface area contributed by atoms with Crippen molar-refractivity contribution in [2.75, 3.05) is 11.4 Å². The monoisotopic (exact) mass is 496 g/mol. The molecule has 2 aromatic rings. The SMILES string of the molecule is C=C(C)/C=C(\C=C/C)N(C(=O)CN1Cc2cccnc2C1)C1C(=O)N(C2CCCCC2)c2ccccc21. The predicted octanol–water partition coefficient (Wildman–Crippen LogP) is 5.68. The molecule has 0 saturated heterocycles. The maximum atomic E-state index is 14.3. The molecule has 3 heterocycles. The van der Waals surface area contributed by atoms with E-state index >= 15 is 0 Å². The van der Waals surface area contributed by atoms with E-state index in [1.807, 2.05) is 67.3 Å². The molecule has 0 N–H and O–H groups in total. The lowest BCUT2D eigenvalue weighted by atomic mass is 9.94. The van der Waals surface area contributed by atoms with E-state index in [0.717, 1.165) is 53.8 Å². The highest BCUT2D eigenvalue weighted by Crippen LogP contribution is 2.44. The van der Waals surface area contributed by atoms with Crippen molar-refractivity contribution in [3.8, 4) is 0 Å². The lowest BCUT2D eigenvalue weighted by Gasteiger charge is -2.34. The van der Waals surface area contributed by atoms with Crippen molar-refractivity contribution in [2.45, 2.75) is 71.1 Å². The number of fused-ring (bicyclic) bond motifs is 2. The Morgan fingerprint density at radius 2 is 1.92 bits per heavy atom. The quantitative estimate of drug-likeness (QED) is 0.463. The first kappa shape index (κ1) is 25.2. The Hall–Kier alpha value is -3.51. The van der Waals surface area contributed by atoms with Gasteiger partial charge in [-0.2, -0.15) is 0 Å². The molecule has 6 nitrogen and oxygen atoms in total.